The predicted molar refractivity (Wildman–Crippen MR) is 111 cm³/mol. The fraction of sp³-hybridized carbons (Fsp3) is 0.167. The number of carboxylic acids is 1. The average molecular weight is 406 g/mol. The summed E-state index contributed by atoms with van der Waals surface area (Å²) in [7, 11) is 0. The summed E-state index contributed by atoms with van der Waals surface area (Å²) in [4.78, 5) is 16.2. The Morgan fingerprint density at radius 3 is 2.43 bits per heavy atom. The molecule has 0 saturated carbocycles. The molecule has 0 aliphatic carbocycles. The van der Waals surface area contributed by atoms with Crippen LogP contribution in [-0.2, 0) is 17.8 Å². The van der Waals surface area contributed by atoms with Crippen molar-refractivity contribution in [3.8, 4) is 11.1 Å². The minimum atomic E-state index is -0.922. The number of benzene rings is 2. The number of aromatic nitrogens is 2. The largest absolute Gasteiger partial charge is 0.481 e. The Hall–Kier alpha value is -3.54. The molecule has 152 valence electrons. The Balaban J connectivity index is 1.89. The van der Waals surface area contributed by atoms with Crippen LogP contribution in [0.1, 0.15) is 22.4 Å². The van der Waals surface area contributed by atoms with Crippen molar-refractivity contribution in [2.45, 2.75) is 26.8 Å². The number of pyridine rings is 1. The number of carboxylic acid groups (broad SMARTS) is 1. The maximum absolute atomic E-state index is 13.6. The second kappa shape index (κ2) is 7.71. The molecule has 2 aromatic heterocycles. The first-order valence-corrected chi connectivity index (χ1v) is 9.54. The first-order chi connectivity index (χ1) is 14.3. The second-order valence-electron chi connectivity index (χ2n) is 7.42. The number of carbonyl (C=O) groups is 1. The van der Waals surface area contributed by atoms with Gasteiger partial charge < -0.3 is 9.67 Å². The molecule has 2 heterocycles. The minimum Gasteiger partial charge on any atom is -0.481 e. The fourth-order valence-corrected chi connectivity index (χ4v) is 3.73. The quantitative estimate of drug-likeness (QED) is 0.491. The van der Waals surface area contributed by atoms with E-state index in [1.54, 1.807) is 6.92 Å². The Kier molecular flexibility index (Phi) is 5.08. The summed E-state index contributed by atoms with van der Waals surface area (Å²) in [6.45, 7) is 4.11. The fourth-order valence-electron chi connectivity index (χ4n) is 3.73. The van der Waals surface area contributed by atoms with Gasteiger partial charge in [-0.25, -0.2) is 13.8 Å². The maximum Gasteiger partial charge on any atom is 0.307 e. The molecule has 0 spiro atoms. The Labute approximate surface area is 172 Å². The zero-order valence-corrected chi connectivity index (χ0v) is 16.6. The minimum absolute atomic E-state index is 0.133. The third-order valence-corrected chi connectivity index (χ3v) is 5.22. The Bertz CT molecular complexity index is 1260. The second-order valence-corrected chi connectivity index (χ2v) is 7.42. The van der Waals surface area contributed by atoms with E-state index in [4.69, 9.17) is 0 Å². The molecule has 4 nitrogen and oxygen atoms in total. The van der Waals surface area contributed by atoms with E-state index in [1.165, 1.54) is 12.1 Å². The number of hydrogen-bond acceptors (Lipinski definition) is 2. The van der Waals surface area contributed by atoms with E-state index in [0.29, 0.717) is 29.0 Å². The van der Waals surface area contributed by atoms with Gasteiger partial charge in [-0.1, -0.05) is 35.9 Å². The SMILES string of the molecule is Cc1ccc(-c2c(CC(=O)O)c(C)nc3c2ccn3Cc2ccc(F)c(F)c2)cc1. The Morgan fingerprint density at radius 2 is 1.77 bits per heavy atom. The molecule has 0 saturated heterocycles. The van der Waals surface area contributed by atoms with Crippen molar-refractivity contribution in [1.29, 1.82) is 0 Å². The molecule has 0 atom stereocenters. The third-order valence-electron chi connectivity index (χ3n) is 5.22. The van der Waals surface area contributed by atoms with Gasteiger partial charge in [0.25, 0.3) is 0 Å². The van der Waals surface area contributed by atoms with Crippen LogP contribution in [0, 0.1) is 25.5 Å². The molecule has 1 N–H and O–H groups in total. The summed E-state index contributed by atoms with van der Waals surface area (Å²) in [5.41, 5.74) is 5.44. The number of aryl methyl sites for hydroxylation is 2. The Morgan fingerprint density at radius 1 is 1.03 bits per heavy atom. The molecular formula is C24H20F2N2O2. The van der Waals surface area contributed by atoms with Gasteiger partial charge in [0.15, 0.2) is 11.6 Å². The van der Waals surface area contributed by atoms with Gasteiger partial charge in [-0.2, -0.15) is 0 Å². The lowest BCUT2D eigenvalue weighted by atomic mass is 9.94. The molecule has 2 aromatic carbocycles. The standard InChI is InChI=1S/C24H20F2N2O2/c1-14-3-6-17(7-4-14)23-18-9-10-28(13-16-5-8-20(25)21(26)11-16)24(18)27-15(2)19(23)12-22(29)30/h3-11H,12-13H2,1-2H3,(H,29,30). The van der Waals surface area contributed by atoms with Gasteiger partial charge in [-0.05, 0) is 54.3 Å². The van der Waals surface area contributed by atoms with Crippen LogP contribution in [0.15, 0.2) is 54.7 Å². The molecule has 0 unspecified atom stereocenters. The van der Waals surface area contributed by atoms with Crippen LogP contribution < -0.4 is 0 Å². The van der Waals surface area contributed by atoms with Crippen LogP contribution in [0.5, 0.6) is 0 Å². The maximum atomic E-state index is 13.6. The molecule has 0 aliphatic heterocycles. The molecule has 0 radical (unpaired) electrons. The topological polar surface area (TPSA) is 55.1 Å². The lowest BCUT2D eigenvalue weighted by Crippen LogP contribution is -2.08. The highest BCUT2D eigenvalue weighted by atomic mass is 19.2. The van der Waals surface area contributed by atoms with Crippen molar-refractivity contribution in [3.63, 3.8) is 0 Å². The summed E-state index contributed by atoms with van der Waals surface area (Å²) in [5, 5.41) is 10.3. The van der Waals surface area contributed by atoms with Crippen LogP contribution in [0.3, 0.4) is 0 Å². The molecule has 0 fully saturated rings. The highest BCUT2D eigenvalue weighted by Gasteiger charge is 2.19. The molecule has 0 aliphatic rings. The highest BCUT2D eigenvalue weighted by molar-refractivity contribution is 5.97. The molecule has 6 heteroatoms. The molecule has 4 aromatic rings. The molecular weight excluding hydrogens is 386 g/mol. The highest BCUT2D eigenvalue weighted by Crippen LogP contribution is 2.34. The van der Waals surface area contributed by atoms with Crippen LogP contribution >= 0.6 is 0 Å². The zero-order chi connectivity index (χ0) is 21.4. The normalized spacial score (nSPS) is 11.2. The van der Waals surface area contributed by atoms with Crippen LogP contribution in [0.4, 0.5) is 8.78 Å². The van der Waals surface area contributed by atoms with Gasteiger partial charge in [-0.15, -0.1) is 0 Å². The molecule has 0 bridgehead atoms. The van der Waals surface area contributed by atoms with E-state index in [-0.39, 0.29) is 6.42 Å². The summed E-state index contributed by atoms with van der Waals surface area (Å²) in [6, 6.07) is 13.6. The number of fused-ring (bicyclic) bond motifs is 1. The first kappa shape index (κ1) is 19.8. The van der Waals surface area contributed by atoms with Gasteiger partial charge in [0.2, 0.25) is 0 Å². The van der Waals surface area contributed by atoms with E-state index in [2.05, 4.69) is 4.98 Å². The van der Waals surface area contributed by atoms with Crippen molar-refractivity contribution in [2.24, 2.45) is 0 Å². The first-order valence-electron chi connectivity index (χ1n) is 9.54. The van der Waals surface area contributed by atoms with Gasteiger partial charge in [-0.3, -0.25) is 4.79 Å². The van der Waals surface area contributed by atoms with Gasteiger partial charge in [0, 0.05) is 23.8 Å². The smallest absolute Gasteiger partial charge is 0.307 e. The van der Waals surface area contributed by atoms with Gasteiger partial charge in [0.1, 0.15) is 5.65 Å². The van der Waals surface area contributed by atoms with Crippen molar-refractivity contribution in [2.75, 3.05) is 0 Å². The number of aliphatic carboxylic acids is 1. The molecule has 4 rings (SSSR count). The summed E-state index contributed by atoms with van der Waals surface area (Å²) in [5.74, 6) is -2.70. The number of nitrogens with zero attached hydrogens (tertiary/aromatic N) is 2. The number of hydrogen-bond donors (Lipinski definition) is 1. The number of rotatable bonds is 5. The third kappa shape index (κ3) is 3.68. The summed E-state index contributed by atoms with van der Waals surface area (Å²) >= 11 is 0. The van der Waals surface area contributed by atoms with E-state index < -0.39 is 17.6 Å². The van der Waals surface area contributed by atoms with Crippen LogP contribution in [0.2, 0.25) is 0 Å². The van der Waals surface area contributed by atoms with Crippen molar-refractivity contribution >= 4 is 17.0 Å². The molecule has 0 amide bonds. The summed E-state index contributed by atoms with van der Waals surface area (Å²) < 4.78 is 28.7. The zero-order valence-electron chi connectivity index (χ0n) is 16.6. The van der Waals surface area contributed by atoms with Gasteiger partial charge in [0.05, 0.1) is 6.42 Å². The predicted octanol–water partition coefficient (Wildman–Crippen LogP) is 5.27. The van der Waals surface area contributed by atoms with E-state index in [9.17, 15) is 18.7 Å². The van der Waals surface area contributed by atoms with E-state index in [1.807, 2.05) is 48.0 Å². The summed E-state index contributed by atoms with van der Waals surface area (Å²) in [6.07, 6.45) is 1.70. The average Bonchev–Trinajstić information content (AvgIpc) is 3.08. The molecule has 30 heavy (non-hydrogen) atoms. The lowest BCUT2D eigenvalue weighted by Gasteiger charge is -2.14. The number of halogens is 2. The van der Waals surface area contributed by atoms with Crippen LogP contribution in [0.25, 0.3) is 22.2 Å². The van der Waals surface area contributed by atoms with Crippen molar-refractivity contribution < 1.29 is 18.7 Å². The van der Waals surface area contributed by atoms with E-state index >= 15 is 0 Å². The van der Waals surface area contributed by atoms with Crippen molar-refractivity contribution in [3.05, 3.63) is 88.7 Å². The van der Waals surface area contributed by atoms with Crippen LogP contribution in [-0.4, -0.2) is 20.6 Å². The lowest BCUT2D eigenvalue weighted by molar-refractivity contribution is -0.136. The monoisotopic (exact) mass is 406 g/mol. The van der Waals surface area contributed by atoms with E-state index in [0.717, 1.165) is 28.1 Å². The van der Waals surface area contributed by atoms with Gasteiger partial charge >= 0.3 is 5.97 Å². The van der Waals surface area contributed by atoms with Crippen molar-refractivity contribution in [1.82, 2.24) is 9.55 Å².